The molecule has 0 radical (unpaired) electrons. The molecule has 2 aliphatic rings. The van der Waals surface area contributed by atoms with Crippen molar-refractivity contribution in [3.05, 3.63) is 54.0 Å². The summed E-state index contributed by atoms with van der Waals surface area (Å²) in [5.74, 6) is 1.92. The van der Waals surface area contributed by atoms with Gasteiger partial charge in [-0.05, 0) is 48.7 Å². The molecule has 1 fully saturated rings. The molecule has 0 atom stereocenters. The van der Waals surface area contributed by atoms with Gasteiger partial charge in [0.1, 0.15) is 11.6 Å². The Labute approximate surface area is 157 Å². The summed E-state index contributed by atoms with van der Waals surface area (Å²) >= 11 is 0. The van der Waals surface area contributed by atoms with Crippen LogP contribution in [0.15, 0.2) is 47.5 Å². The van der Waals surface area contributed by atoms with Gasteiger partial charge in [0.2, 0.25) is 10.0 Å². The fraction of sp³-hybridized carbons (Fsp3) is 0.368. The second-order valence-electron chi connectivity index (χ2n) is 7.03. The standard InChI is InChI=1S/C19H20N4O3S/c24-27(25,16-4-5-17-15(13-16)8-12-26-17)22-10-6-14(7-11-22)19-21-20-18-3-1-2-9-23(18)19/h1-5,9,13-14H,6-8,10-12H2. The third-order valence-electron chi connectivity index (χ3n) is 5.46. The Morgan fingerprint density at radius 2 is 1.93 bits per heavy atom. The first-order chi connectivity index (χ1) is 13.1. The van der Waals surface area contributed by atoms with Crippen molar-refractivity contribution in [2.45, 2.75) is 30.1 Å². The van der Waals surface area contributed by atoms with Gasteiger partial charge in [0, 0.05) is 31.6 Å². The molecule has 1 saturated heterocycles. The van der Waals surface area contributed by atoms with Crippen molar-refractivity contribution < 1.29 is 13.2 Å². The number of fused-ring (bicyclic) bond motifs is 2. The van der Waals surface area contributed by atoms with Gasteiger partial charge in [-0.25, -0.2) is 8.42 Å². The summed E-state index contributed by atoms with van der Waals surface area (Å²) in [4.78, 5) is 0.359. The maximum absolute atomic E-state index is 13.0. The Morgan fingerprint density at radius 3 is 2.78 bits per heavy atom. The van der Waals surface area contributed by atoms with E-state index in [-0.39, 0.29) is 5.92 Å². The molecule has 0 unspecified atom stereocenters. The summed E-state index contributed by atoms with van der Waals surface area (Å²) in [5.41, 5.74) is 1.80. The topological polar surface area (TPSA) is 76.8 Å². The highest BCUT2D eigenvalue weighted by Crippen LogP contribution is 2.32. The molecule has 8 heteroatoms. The third kappa shape index (κ3) is 2.80. The first-order valence-corrected chi connectivity index (χ1v) is 10.6. The Balaban J connectivity index is 1.35. The Hall–Kier alpha value is -2.45. The molecule has 0 spiro atoms. The van der Waals surface area contributed by atoms with Crippen LogP contribution in [0, 0.1) is 0 Å². The quantitative estimate of drug-likeness (QED) is 0.692. The average molecular weight is 384 g/mol. The number of sulfonamides is 1. The molecule has 5 rings (SSSR count). The Bertz CT molecular complexity index is 1100. The van der Waals surface area contributed by atoms with Crippen molar-refractivity contribution in [1.82, 2.24) is 18.9 Å². The van der Waals surface area contributed by atoms with E-state index in [0.29, 0.717) is 24.6 Å². The predicted molar refractivity (Wildman–Crippen MR) is 99.4 cm³/mol. The number of ether oxygens (including phenoxy) is 1. The van der Waals surface area contributed by atoms with Crippen molar-refractivity contribution in [3.63, 3.8) is 0 Å². The van der Waals surface area contributed by atoms with Crippen LogP contribution in [0.5, 0.6) is 5.75 Å². The largest absolute Gasteiger partial charge is 0.493 e. The third-order valence-corrected chi connectivity index (χ3v) is 7.35. The molecule has 0 saturated carbocycles. The minimum Gasteiger partial charge on any atom is -0.493 e. The highest BCUT2D eigenvalue weighted by Gasteiger charge is 2.32. The van der Waals surface area contributed by atoms with Crippen molar-refractivity contribution in [3.8, 4) is 5.75 Å². The van der Waals surface area contributed by atoms with E-state index in [4.69, 9.17) is 4.74 Å². The lowest BCUT2D eigenvalue weighted by molar-refractivity contribution is 0.312. The van der Waals surface area contributed by atoms with E-state index in [2.05, 4.69) is 10.2 Å². The van der Waals surface area contributed by atoms with Crippen molar-refractivity contribution in [1.29, 1.82) is 0 Å². The van der Waals surface area contributed by atoms with Crippen LogP contribution < -0.4 is 4.74 Å². The molecule has 0 bridgehead atoms. The van der Waals surface area contributed by atoms with Gasteiger partial charge in [0.25, 0.3) is 0 Å². The lowest BCUT2D eigenvalue weighted by Gasteiger charge is -2.30. The lowest BCUT2D eigenvalue weighted by Crippen LogP contribution is -2.38. The van der Waals surface area contributed by atoms with E-state index in [9.17, 15) is 8.42 Å². The molecule has 0 N–H and O–H groups in total. The molecule has 140 valence electrons. The summed E-state index contributed by atoms with van der Waals surface area (Å²) < 4.78 is 35.2. The Morgan fingerprint density at radius 1 is 1.07 bits per heavy atom. The molecule has 2 aromatic heterocycles. The van der Waals surface area contributed by atoms with Crippen LogP contribution in [-0.2, 0) is 16.4 Å². The van der Waals surface area contributed by atoms with Gasteiger partial charge >= 0.3 is 0 Å². The first kappa shape index (κ1) is 16.7. The highest BCUT2D eigenvalue weighted by molar-refractivity contribution is 7.89. The number of nitrogens with zero attached hydrogens (tertiary/aromatic N) is 4. The summed E-state index contributed by atoms with van der Waals surface area (Å²) in [5, 5.41) is 8.55. The summed E-state index contributed by atoms with van der Waals surface area (Å²) in [6, 6.07) is 11.0. The van der Waals surface area contributed by atoms with Gasteiger partial charge in [-0.3, -0.25) is 4.40 Å². The smallest absolute Gasteiger partial charge is 0.243 e. The normalized spacial score (nSPS) is 18.5. The maximum atomic E-state index is 13.0. The van der Waals surface area contributed by atoms with Crippen LogP contribution in [0.3, 0.4) is 0 Å². The van der Waals surface area contributed by atoms with Crippen molar-refractivity contribution in [2.24, 2.45) is 0 Å². The number of benzene rings is 1. The summed E-state index contributed by atoms with van der Waals surface area (Å²) in [6.45, 7) is 1.60. The molecule has 0 amide bonds. The zero-order chi connectivity index (χ0) is 18.4. The minimum atomic E-state index is -3.48. The van der Waals surface area contributed by atoms with E-state index < -0.39 is 10.0 Å². The van der Waals surface area contributed by atoms with E-state index in [1.807, 2.05) is 28.8 Å². The van der Waals surface area contributed by atoms with Crippen LogP contribution in [0.4, 0.5) is 0 Å². The van der Waals surface area contributed by atoms with Gasteiger partial charge in [-0.15, -0.1) is 10.2 Å². The molecule has 0 aliphatic carbocycles. The fourth-order valence-electron chi connectivity index (χ4n) is 3.97. The van der Waals surface area contributed by atoms with Crippen LogP contribution in [0.1, 0.15) is 30.1 Å². The highest BCUT2D eigenvalue weighted by atomic mass is 32.2. The van der Waals surface area contributed by atoms with Crippen molar-refractivity contribution in [2.75, 3.05) is 19.7 Å². The van der Waals surface area contributed by atoms with Gasteiger partial charge in [0.05, 0.1) is 11.5 Å². The van der Waals surface area contributed by atoms with Crippen LogP contribution >= 0.6 is 0 Å². The van der Waals surface area contributed by atoms with Crippen LogP contribution in [0.2, 0.25) is 0 Å². The summed E-state index contributed by atoms with van der Waals surface area (Å²) in [7, 11) is -3.48. The number of hydrogen-bond acceptors (Lipinski definition) is 5. The van der Waals surface area contributed by atoms with Crippen LogP contribution in [-0.4, -0.2) is 47.0 Å². The summed E-state index contributed by atoms with van der Waals surface area (Å²) in [6.07, 6.45) is 4.20. The molecule has 2 aliphatic heterocycles. The zero-order valence-electron chi connectivity index (χ0n) is 14.8. The minimum absolute atomic E-state index is 0.210. The van der Waals surface area contributed by atoms with E-state index in [0.717, 1.165) is 42.0 Å². The molecule has 7 nitrogen and oxygen atoms in total. The average Bonchev–Trinajstić information content (AvgIpc) is 3.34. The maximum Gasteiger partial charge on any atom is 0.243 e. The van der Waals surface area contributed by atoms with E-state index in [1.54, 1.807) is 22.5 Å². The number of piperidine rings is 1. The van der Waals surface area contributed by atoms with Gasteiger partial charge in [0.15, 0.2) is 5.65 Å². The molecule has 4 heterocycles. The second kappa shape index (κ2) is 6.31. The SMILES string of the molecule is O=S(=O)(c1ccc2c(c1)CCO2)N1CCC(c2nnc3ccccn23)CC1. The number of pyridine rings is 1. The predicted octanol–water partition coefficient (Wildman–Crippen LogP) is 2.23. The molecule has 3 aromatic rings. The van der Waals surface area contributed by atoms with Gasteiger partial charge in [-0.2, -0.15) is 4.31 Å². The number of rotatable bonds is 3. The lowest BCUT2D eigenvalue weighted by atomic mass is 9.97. The monoisotopic (exact) mass is 384 g/mol. The first-order valence-electron chi connectivity index (χ1n) is 9.18. The van der Waals surface area contributed by atoms with Crippen LogP contribution in [0.25, 0.3) is 5.65 Å². The zero-order valence-corrected chi connectivity index (χ0v) is 15.6. The molecule has 1 aromatic carbocycles. The Kier molecular flexibility index (Phi) is 3.91. The van der Waals surface area contributed by atoms with Crippen molar-refractivity contribution >= 4 is 15.7 Å². The molecular weight excluding hydrogens is 364 g/mol. The van der Waals surface area contributed by atoms with Gasteiger partial charge < -0.3 is 4.74 Å². The fourth-order valence-corrected chi connectivity index (χ4v) is 5.49. The van der Waals surface area contributed by atoms with Gasteiger partial charge in [-0.1, -0.05) is 6.07 Å². The number of aromatic nitrogens is 3. The molecule has 27 heavy (non-hydrogen) atoms. The molecular formula is C19H20N4O3S. The van der Waals surface area contributed by atoms with E-state index >= 15 is 0 Å². The second-order valence-corrected chi connectivity index (χ2v) is 8.97. The number of hydrogen-bond donors (Lipinski definition) is 0. The van der Waals surface area contributed by atoms with E-state index in [1.165, 1.54) is 0 Å².